The van der Waals surface area contributed by atoms with Gasteiger partial charge in [0.05, 0.1) is 0 Å². The minimum absolute atomic E-state index is 0.174. The van der Waals surface area contributed by atoms with Crippen molar-refractivity contribution in [2.45, 2.75) is 18.9 Å². The first-order valence-electron chi connectivity index (χ1n) is 6.52. The fourth-order valence-electron chi connectivity index (χ4n) is 3.01. The lowest BCUT2D eigenvalue weighted by atomic mass is 9.93. The third-order valence-electron chi connectivity index (χ3n) is 4.03. The van der Waals surface area contributed by atoms with E-state index in [1.807, 2.05) is 29.2 Å². The molecule has 0 radical (unpaired) electrons. The lowest BCUT2D eigenvalue weighted by Crippen LogP contribution is -2.46. The average Bonchev–Trinajstić information content (AvgIpc) is 2.86. The molecule has 1 aromatic carbocycles. The Morgan fingerprint density at radius 3 is 2.83 bits per heavy atom. The minimum atomic E-state index is 0.174. The first kappa shape index (κ1) is 12.2. The maximum Gasteiger partial charge on any atom is 0.253 e. The average molecular weight is 309 g/mol. The molecule has 2 fully saturated rings. The van der Waals surface area contributed by atoms with Gasteiger partial charge in [0, 0.05) is 29.2 Å². The van der Waals surface area contributed by atoms with Gasteiger partial charge in [-0.2, -0.15) is 0 Å². The Hall–Kier alpha value is -0.870. The molecule has 2 saturated heterocycles. The molecule has 0 aliphatic carbocycles. The largest absolute Gasteiger partial charge is 0.338 e. The summed E-state index contributed by atoms with van der Waals surface area (Å²) in [6.07, 6.45) is 2.29. The van der Waals surface area contributed by atoms with Crippen molar-refractivity contribution < 1.29 is 4.79 Å². The van der Waals surface area contributed by atoms with Gasteiger partial charge in [-0.25, -0.2) is 0 Å². The van der Waals surface area contributed by atoms with Gasteiger partial charge < -0.3 is 10.2 Å². The van der Waals surface area contributed by atoms with Crippen molar-refractivity contribution in [3.63, 3.8) is 0 Å². The maximum absolute atomic E-state index is 12.4. The summed E-state index contributed by atoms with van der Waals surface area (Å²) in [5.41, 5.74) is 0.794. The zero-order chi connectivity index (χ0) is 12.5. The van der Waals surface area contributed by atoms with Crippen molar-refractivity contribution >= 4 is 21.8 Å². The number of nitrogens with zero attached hydrogens (tertiary/aromatic N) is 1. The Morgan fingerprint density at radius 1 is 1.28 bits per heavy atom. The number of halogens is 1. The third-order valence-corrected chi connectivity index (χ3v) is 4.56. The van der Waals surface area contributed by atoms with Crippen LogP contribution < -0.4 is 5.32 Å². The Kier molecular flexibility index (Phi) is 3.39. The molecule has 0 aromatic heterocycles. The second kappa shape index (κ2) is 5.02. The predicted molar refractivity (Wildman–Crippen MR) is 74.6 cm³/mol. The number of likely N-dealkylation sites (tertiary alicyclic amines) is 1. The molecule has 96 valence electrons. The van der Waals surface area contributed by atoms with E-state index in [2.05, 4.69) is 21.2 Å². The highest BCUT2D eigenvalue weighted by Gasteiger charge is 2.34. The van der Waals surface area contributed by atoms with Gasteiger partial charge in [-0.15, -0.1) is 0 Å². The van der Waals surface area contributed by atoms with E-state index in [4.69, 9.17) is 0 Å². The number of hydrogen-bond acceptors (Lipinski definition) is 2. The van der Waals surface area contributed by atoms with Crippen molar-refractivity contribution in [1.82, 2.24) is 10.2 Å². The van der Waals surface area contributed by atoms with Gasteiger partial charge in [-0.3, -0.25) is 4.79 Å². The maximum atomic E-state index is 12.4. The van der Waals surface area contributed by atoms with Crippen molar-refractivity contribution in [1.29, 1.82) is 0 Å². The first-order valence-corrected chi connectivity index (χ1v) is 7.31. The van der Waals surface area contributed by atoms with Crippen LogP contribution >= 0.6 is 15.9 Å². The lowest BCUT2D eigenvalue weighted by Gasteiger charge is -2.34. The third kappa shape index (κ3) is 2.31. The van der Waals surface area contributed by atoms with Gasteiger partial charge in [-0.05, 0) is 49.6 Å². The molecule has 2 atom stereocenters. The van der Waals surface area contributed by atoms with Crippen LogP contribution in [0.15, 0.2) is 28.7 Å². The molecular weight excluding hydrogens is 292 g/mol. The van der Waals surface area contributed by atoms with Gasteiger partial charge in [0.15, 0.2) is 0 Å². The summed E-state index contributed by atoms with van der Waals surface area (Å²) in [4.78, 5) is 14.4. The van der Waals surface area contributed by atoms with Crippen LogP contribution in [0.25, 0.3) is 0 Å². The summed E-state index contributed by atoms with van der Waals surface area (Å²) in [6, 6.07) is 8.28. The SMILES string of the molecule is O=C(c1ccc(Br)cc1)N1CCC2NCCC2C1. The number of rotatable bonds is 1. The molecule has 18 heavy (non-hydrogen) atoms. The topological polar surface area (TPSA) is 32.3 Å². The van der Waals surface area contributed by atoms with Gasteiger partial charge in [0.2, 0.25) is 0 Å². The molecule has 2 heterocycles. The highest BCUT2D eigenvalue weighted by molar-refractivity contribution is 9.10. The molecule has 4 heteroatoms. The van der Waals surface area contributed by atoms with E-state index in [1.165, 1.54) is 6.42 Å². The second-order valence-corrected chi connectivity index (χ2v) is 6.07. The highest BCUT2D eigenvalue weighted by Crippen LogP contribution is 2.25. The van der Waals surface area contributed by atoms with E-state index in [9.17, 15) is 4.79 Å². The predicted octanol–water partition coefficient (Wildman–Crippen LogP) is 2.27. The lowest BCUT2D eigenvalue weighted by molar-refractivity contribution is 0.0662. The number of carbonyl (C=O) groups is 1. The van der Waals surface area contributed by atoms with E-state index in [0.717, 1.165) is 36.1 Å². The molecule has 2 unspecified atom stereocenters. The Labute approximate surface area is 116 Å². The molecule has 2 aliphatic heterocycles. The van der Waals surface area contributed by atoms with Crippen molar-refractivity contribution in [2.75, 3.05) is 19.6 Å². The van der Waals surface area contributed by atoms with Gasteiger partial charge in [0.1, 0.15) is 0 Å². The Bertz CT molecular complexity index is 446. The number of piperidine rings is 1. The number of carbonyl (C=O) groups excluding carboxylic acids is 1. The zero-order valence-corrected chi connectivity index (χ0v) is 11.8. The summed E-state index contributed by atoms with van der Waals surface area (Å²) in [7, 11) is 0. The fraction of sp³-hybridized carbons (Fsp3) is 0.500. The number of amides is 1. The molecule has 3 nitrogen and oxygen atoms in total. The number of benzene rings is 1. The molecule has 0 bridgehead atoms. The standard InChI is InChI=1S/C14H17BrN2O/c15-12-3-1-10(2-4-12)14(18)17-8-6-13-11(9-17)5-7-16-13/h1-4,11,13,16H,5-9H2. The number of hydrogen-bond donors (Lipinski definition) is 1. The normalized spacial score (nSPS) is 27.1. The van der Waals surface area contributed by atoms with Gasteiger partial charge in [-0.1, -0.05) is 15.9 Å². The quantitative estimate of drug-likeness (QED) is 0.863. The molecule has 0 saturated carbocycles. The van der Waals surface area contributed by atoms with E-state index in [1.54, 1.807) is 0 Å². The summed E-state index contributed by atoms with van der Waals surface area (Å²) in [6.45, 7) is 2.89. The van der Waals surface area contributed by atoms with Crippen LogP contribution in [-0.2, 0) is 0 Å². The van der Waals surface area contributed by atoms with Crippen LogP contribution in [0.3, 0.4) is 0 Å². The monoisotopic (exact) mass is 308 g/mol. The van der Waals surface area contributed by atoms with Gasteiger partial charge in [0.25, 0.3) is 5.91 Å². The molecule has 1 N–H and O–H groups in total. The molecule has 3 rings (SSSR count). The molecule has 1 amide bonds. The summed E-state index contributed by atoms with van der Waals surface area (Å²) in [5, 5.41) is 3.52. The van der Waals surface area contributed by atoms with Crippen molar-refractivity contribution in [2.24, 2.45) is 5.92 Å². The van der Waals surface area contributed by atoms with E-state index >= 15 is 0 Å². The molecule has 0 spiro atoms. The van der Waals surface area contributed by atoms with Crippen LogP contribution in [0.4, 0.5) is 0 Å². The van der Waals surface area contributed by atoms with Crippen molar-refractivity contribution in [3.05, 3.63) is 34.3 Å². The van der Waals surface area contributed by atoms with Crippen LogP contribution in [0.5, 0.6) is 0 Å². The van der Waals surface area contributed by atoms with Crippen molar-refractivity contribution in [3.8, 4) is 0 Å². The smallest absolute Gasteiger partial charge is 0.253 e. The van der Waals surface area contributed by atoms with Crippen LogP contribution in [0.2, 0.25) is 0 Å². The van der Waals surface area contributed by atoms with E-state index in [-0.39, 0.29) is 5.91 Å². The summed E-state index contributed by atoms with van der Waals surface area (Å²) >= 11 is 3.39. The van der Waals surface area contributed by atoms with Crippen LogP contribution in [-0.4, -0.2) is 36.5 Å². The highest BCUT2D eigenvalue weighted by atomic mass is 79.9. The fourth-order valence-corrected chi connectivity index (χ4v) is 3.27. The summed E-state index contributed by atoms with van der Waals surface area (Å²) < 4.78 is 1.01. The molecule has 2 aliphatic rings. The zero-order valence-electron chi connectivity index (χ0n) is 10.2. The molecule has 1 aromatic rings. The number of fused-ring (bicyclic) bond motifs is 1. The minimum Gasteiger partial charge on any atom is -0.338 e. The van der Waals surface area contributed by atoms with E-state index < -0.39 is 0 Å². The second-order valence-electron chi connectivity index (χ2n) is 5.16. The van der Waals surface area contributed by atoms with Crippen LogP contribution in [0, 0.1) is 5.92 Å². The first-order chi connectivity index (χ1) is 8.74. The Balaban J connectivity index is 1.71. The van der Waals surface area contributed by atoms with Crippen LogP contribution in [0.1, 0.15) is 23.2 Å². The number of nitrogens with one attached hydrogen (secondary N) is 1. The van der Waals surface area contributed by atoms with Gasteiger partial charge >= 0.3 is 0 Å². The Morgan fingerprint density at radius 2 is 2.06 bits per heavy atom. The van der Waals surface area contributed by atoms with E-state index in [0.29, 0.717) is 12.0 Å². The molecular formula is C14H17BrN2O. The summed E-state index contributed by atoms with van der Waals surface area (Å²) in [5.74, 6) is 0.825.